The summed E-state index contributed by atoms with van der Waals surface area (Å²) in [5.74, 6) is 0.361. The van der Waals surface area contributed by atoms with Gasteiger partial charge in [0.25, 0.3) is 5.91 Å². The Bertz CT molecular complexity index is 1100. The van der Waals surface area contributed by atoms with Crippen molar-refractivity contribution in [2.45, 2.75) is 58.0 Å². The lowest BCUT2D eigenvalue weighted by atomic mass is 9.78. The molecule has 0 unspecified atom stereocenters. The van der Waals surface area contributed by atoms with E-state index in [1.807, 2.05) is 56.3 Å². The van der Waals surface area contributed by atoms with Gasteiger partial charge >= 0.3 is 0 Å². The number of aryl methyl sites for hydroxylation is 2. The van der Waals surface area contributed by atoms with Crippen molar-refractivity contribution in [2.75, 3.05) is 5.32 Å². The van der Waals surface area contributed by atoms with Gasteiger partial charge < -0.3 is 14.6 Å². The third-order valence-corrected chi connectivity index (χ3v) is 7.10. The standard InChI is InChI=1S/C27H29BrN2O3/c1-19-8-6-9-20(2)24(19)29-26(32)27(15-4-3-5-16-27)30(18-23-10-7-17-33-23)25(31)21-11-13-22(28)14-12-21/h6-14,17H,3-5,15-16,18H2,1-2H3,(H,29,32). The van der Waals surface area contributed by atoms with Gasteiger partial charge in [0.15, 0.2) is 0 Å². The van der Waals surface area contributed by atoms with Gasteiger partial charge in [0.2, 0.25) is 5.91 Å². The Morgan fingerprint density at radius 2 is 1.64 bits per heavy atom. The molecule has 2 amide bonds. The van der Waals surface area contributed by atoms with E-state index in [2.05, 4.69) is 21.2 Å². The Hall–Kier alpha value is -2.86. The molecule has 4 rings (SSSR count). The molecule has 2 aromatic carbocycles. The number of furan rings is 1. The summed E-state index contributed by atoms with van der Waals surface area (Å²) < 4.78 is 6.51. The summed E-state index contributed by atoms with van der Waals surface area (Å²) in [7, 11) is 0. The molecule has 6 heteroatoms. The first-order valence-corrected chi connectivity index (χ1v) is 12.2. The molecule has 5 nitrogen and oxygen atoms in total. The van der Waals surface area contributed by atoms with E-state index in [4.69, 9.17) is 4.42 Å². The molecule has 0 spiro atoms. The fraction of sp³-hybridized carbons (Fsp3) is 0.333. The van der Waals surface area contributed by atoms with Crippen molar-refractivity contribution in [3.8, 4) is 0 Å². The molecular formula is C27H29BrN2O3. The molecule has 1 saturated carbocycles. The number of amides is 2. The minimum atomic E-state index is -0.954. The van der Waals surface area contributed by atoms with Crippen LogP contribution in [-0.4, -0.2) is 22.3 Å². The van der Waals surface area contributed by atoms with Crippen LogP contribution in [0.3, 0.4) is 0 Å². The number of hydrogen-bond donors (Lipinski definition) is 1. The highest BCUT2D eigenvalue weighted by atomic mass is 79.9. The molecule has 1 aliphatic carbocycles. The number of para-hydroxylation sites is 1. The Morgan fingerprint density at radius 3 is 2.24 bits per heavy atom. The number of carbonyl (C=O) groups excluding carboxylic acids is 2. The Labute approximate surface area is 203 Å². The zero-order valence-electron chi connectivity index (χ0n) is 19.1. The molecule has 1 heterocycles. The summed E-state index contributed by atoms with van der Waals surface area (Å²) in [6.07, 6.45) is 5.67. The number of benzene rings is 2. The highest BCUT2D eigenvalue weighted by Crippen LogP contribution is 2.38. The normalized spacial score (nSPS) is 15.1. The zero-order valence-corrected chi connectivity index (χ0v) is 20.7. The Balaban J connectivity index is 1.76. The lowest BCUT2D eigenvalue weighted by Gasteiger charge is -2.45. The predicted octanol–water partition coefficient (Wildman–Crippen LogP) is 6.64. The zero-order chi connectivity index (χ0) is 23.4. The van der Waals surface area contributed by atoms with Crippen molar-refractivity contribution < 1.29 is 14.0 Å². The molecule has 0 saturated heterocycles. The SMILES string of the molecule is Cc1cccc(C)c1NC(=O)C1(N(Cc2ccco2)C(=O)c2ccc(Br)cc2)CCCCC1. The van der Waals surface area contributed by atoms with Gasteiger partial charge in [0, 0.05) is 15.7 Å². The van der Waals surface area contributed by atoms with Crippen LogP contribution in [0.2, 0.25) is 0 Å². The minimum Gasteiger partial charge on any atom is -0.467 e. The molecule has 172 valence electrons. The van der Waals surface area contributed by atoms with Crippen LogP contribution in [0.4, 0.5) is 5.69 Å². The van der Waals surface area contributed by atoms with E-state index >= 15 is 0 Å². The van der Waals surface area contributed by atoms with Gasteiger partial charge in [-0.2, -0.15) is 0 Å². The van der Waals surface area contributed by atoms with E-state index in [0.29, 0.717) is 24.2 Å². The molecule has 3 aromatic rings. The van der Waals surface area contributed by atoms with E-state index in [9.17, 15) is 9.59 Å². The van der Waals surface area contributed by atoms with Crippen LogP contribution < -0.4 is 5.32 Å². The second-order valence-corrected chi connectivity index (χ2v) is 9.71. The molecule has 1 aromatic heterocycles. The Kier molecular flexibility index (Phi) is 7.03. The number of carbonyl (C=O) groups is 2. The highest BCUT2D eigenvalue weighted by molar-refractivity contribution is 9.10. The van der Waals surface area contributed by atoms with Crippen LogP contribution in [0, 0.1) is 13.8 Å². The average Bonchev–Trinajstić information content (AvgIpc) is 3.34. The summed E-state index contributed by atoms with van der Waals surface area (Å²) in [6, 6.07) is 16.9. The fourth-order valence-corrected chi connectivity index (χ4v) is 4.99. The molecule has 0 radical (unpaired) electrons. The number of anilines is 1. The van der Waals surface area contributed by atoms with E-state index in [1.54, 1.807) is 23.3 Å². The van der Waals surface area contributed by atoms with E-state index in [1.165, 1.54) is 0 Å². The topological polar surface area (TPSA) is 62.6 Å². The third kappa shape index (κ3) is 4.91. The van der Waals surface area contributed by atoms with Crippen LogP contribution in [0.25, 0.3) is 0 Å². The lowest BCUT2D eigenvalue weighted by molar-refractivity contribution is -0.129. The molecule has 1 aliphatic rings. The van der Waals surface area contributed by atoms with Crippen LogP contribution in [0.5, 0.6) is 0 Å². The maximum atomic E-state index is 14.0. The van der Waals surface area contributed by atoms with Gasteiger partial charge in [0.05, 0.1) is 12.8 Å². The summed E-state index contributed by atoms with van der Waals surface area (Å²) in [6.45, 7) is 4.22. The predicted molar refractivity (Wildman–Crippen MR) is 133 cm³/mol. The lowest BCUT2D eigenvalue weighted by Crippen LogP contribution is -2.59. The summed E-state index contributed by atoms with van der Waals surface area (Å²) in [4.78, 5) is 29.6. The van der Waals surface area contributed by atoms with E-state index in [-0.39, 0.29) is 18.4 Å². The minimum absolute atomic E-state index is 0.128. The van der Waals surface area contributed by atoms with Crippen LogP contribution in [-0.2, 0) is 11.3 Å². The third-order valence-electron chi connectivity index (χ3n) is 6.57. The van der Waals surface area contributed by atoms with Crippen molar-refractivity contribution in [1.82, 2.24) is 4.90 Å². The fourth-order valence-electron chi connectivity index (χ4n) is 4.72. The summed E-state index contributed by atoms with van der Waals surface area (Å²) >= 11 is 3.44. The Morgan fingerprint density at radius 1 is 0.970 bits per heavy atom. The molecule has 0 bridgehead atoms. The molecule has 1 fully saturated rings. The van der Waals surface area contributed by atoms with Gasteiger partial charge in [0.1, 0.15) is 11.3 Å². The number of rotatable bonds is 6. The van der Waals surface area contributed by atoms with Crippen molar-refractivity contribution >= 4 is 33.4 Å². The number of nitrogens with zero attached hydrogens (tertiary/aromatic N) is 1. The van der Waals surface area contributed by atoms with Crippen LogP contribution in [0.15, 0.2) is 69.8 Å². The maximum absolute atomic E-state index is 14.0. The van der Waals surface area contributed by atoms with E-state index < -0.39 is 5.54 Å². The van der Waals surface area contributed by atoms with Gasteiger partial charge in [-0.05, 0) is 74.2 Å². The summed E-state index contributed by atoms with van der Waals surface area (Å²) in [5, 5.41) is 3.19. The van der Waals surface area contributed by atoms with Crippen molar-refractivity contribution in [2.24, 2.45) is 0 Å². The molecule has 33 heavy (non-hydrogen) atoms. The van der Waals surface area contributed by atoms with Gasteiger partial charge in [-0.1, -0.05) is 53.4 Å². The van der Waals surface area contributed by atoms with Gasteiger partial charge in [-0.3, -0.25) is 9.59 Å². The first-order valence-electron chi connectivity index (χ1n) is 11.4. The van der Waals surface area contributed by atoms with Gasteiger partial charge in [-0.15, -0.1) is 0 Å². The van der Waals surface area contributed by atoms with E-state index in [0.717, 1.165) is 40.5 Å². The monoisotopic (exact) mass is 508 g/mol. The maximum Gasteiger partial charge on any atom is 0.255 e. The second-order valence-electron chi connectivity index (χ2n) is 8.79. The first kappa shape index (κ1) is 23.3. The first-order chi connectivity index (χ1) is 15.9. The molecular weight excluding hydrogens is 480 g/mol. The number of nitrogens with one attached hydrogen (secondary N) is 1. The second kappa shape index (κ2) is 9.96. The quantitative estimate of drug-likeness (QED) is 0.405. The van der Waals surface area contributed by atoms with Crippen molar-refractivity contribution in [3.63, 3.8) is 0 Å². The largest absolute Gasteiger partial charge is 0.467 e. The van der Waals surface area contributed by atoms with Crippen molar-refractivity contribution in [3.05, 3.63) is 87.8 Å². The van der Waals surface area contributed by atoms with Crippen LogP contribution >= 0.6 is 15.9 Å². The number of hydrogen-bond acceptors (Lipinski definition) is 3. The molecule has 0 atom stereocenters. The number of halogens is 1. The smallest absolute Gasteiger partial charge is 0.255 e. The average molecular weight is 509 g/mol. The van der Waals surface area contributed by atoms with Crippen molar-refractivity contribution in [1.29, 1.82) is 0 Å². The van der Waals surface area contributed by atoms with Gasteiger partial charge in [-0.25, -0.2) is 0 Å². The molecule has 0 aliphatic heterocycles. The van der Waals surface area contributed by atoms with Crippen LogP contribution in [0.1, 0.15) is 59.3 Å². The highest BCUT2D eigenvalue weighted by Gasteiger charge is 2.47. The summed E-state index contributed by atoms with van der Waals surface area (Å²) in [5.41, 5.74) is 2.43. The molecule has 1 N–H and O–H groups in total.